The van der Waals surface area contributed by atoms with Gasteiger partial charge in [-0.2, -0.15) is 13.2 Å². The van der Waals surface area contributed by atoms with Crippen molar-refractivity contribution < 1.29 is 18.0 Å². The molecular formula is C12H15F3O. The Morgan fingerprint density at radius 3 is 2.50 bits per heavy atom. The van der Waals surface area contributed by atoms with Crippen LogP contribution in [0.15, 0.2) is 11.6 Å². The average molecular weight is 232 g/mol. The molecule has 0 unspecified atom stereocenters. The van der Waals surface area contributed by atoms with E-state index in [1.165, 1.54) is 0 Å². The van der Waals surface area contributed by atoms with Crippen molar-refractivity contribution in [3.05, 3.63) is 11.6 Å². The minimum atomic E-state index is -4.12. The van der Waals surface area contributed by atoms with Crippen LogP contribution >= 0.6 is 0 Å². The van der Waals surface area contributed by atoms with Crippen LogP contribution in [0, 0.1) is 11.3 Å². The maximum atomic E-state index is 12.6. The zero-order valence-electron chi connectivity index (χ0n) is 9.02. The summed E-state index contributed by atoms with van der Waals surface area (Å²) in [5.74, 6) is -1.25. The van der Waals surface area contributed by atoms with Gasteiger partial charge in [-0.1, -0.05) is 18.1 Å². The number of halogens is 3. The number of aldehydes is 1. The number of rotatable bonds is 2. The maximum Gasteiger partial charge on any atom is 0.392 e. The van der Waals surface area contributed by atoms with Crippen LogP contribution in [0.25, 0.3) is 0 Å². The highest BCUT2D eigenvalue weighted by Crippen LogP contribution is 2.51. The largest absolute Gasteiger partial charge is 0.392 e. The van der Waals surface area contributed by atoms with Crippen LogP contribution in [0.4, 0.5) is 13.2 Å². The molecule has 2 rings (SSSR count). The summed E-state index contributed by atoms with van der Waals surface area (Å²) >= 11 is 0. The second-order valence-electron chi connectivity index (χ2n) is 4.88. The summed E-state index contributed by atoms with van der Waals surface area (Å²) in [6.07, 6.45) is 1.66. The lowest BCUT2D eigenvalue weighted by Crippen LogP contribution is -2.37. The highest BCUT2D eigenvalue weighted by molar-refractivity contribution is 5.66. The Hall–Kier alpha value is -0.800. The summed E-state index contributed by atoms with van der Waals surface area (Å²) in [5, 5.41) is 0. The Morgan fingerprint density at radius 2 is 2.06 bits per heavy atom. The van der Waals surface area contributed by atoms with E-state index in [1.54, 1.807) is 0 Å². The molecule has 1 saturated carbocycles. The summed E-state index contributed by atoms with van der Waals surface area (Å²) in [5.41, 5.74) is 0.200. The fourth-order valence-electron chi connectivity index (χ4n) is 2.67. The molecule has 0 amide bonds. The number of alkyl halides is 3. The lowest BCUT2D eigenvalue weighted by Gasteiger charge is -2.42. The van der Waals surface area contributed by atoms with Crippen molar-refractivity contribution >= 4 is 6.29 Å². The van der Waals surface area contributed by atoms with E-state index in [-0.39, 0.29) is 12.8 Å². The van der Waals surface area contributed by atoms with Crippen molar-refractivity contribution in [1.29, 1.82) is 0 Å². The van der Waals surface area contributed by atoms with Crippen molar-refractivity contribution in [1.82, 2.24) is 0 Å². The van der Waals surface area contributed by atoms with Crippen molar-refractivity contribution in [3.63, 3.8) is 0 Å². The van der Waals surface area contributed by atoms with E-state index in [1.807, 2.05) is 6.08 Å². The molecule has 1 fully saturated rings. The minimum Gasteiger partial charge on any atom is -0.302 e. The predicted octanol–water partition coefficient (Wildman–Crippen LogP) is 3.64. The molecule has 2 aliphatic carbocycles. The second kappa shape index (κ2) is 3.90. The Balaban J connectivity index is 2.12. The molecule has 0 N–H and O–H groups in total. The maximum absolute atomic E-state index is 12.6. The van der Waals surface area contributed by atoms with Gasteiger partial charge in [0.05, 0.1) is 5.92 Å². The van der Waals surface area contributed by atoms with Gasteiger partial charge in [0.25, 0.3) is 0 Å². The summed E-state index contributed by atoms with van der Waals surface area (Å²) < 4.78 is 37.8. The first kappa shape index (κ1) is 11.7. The molecule has 0 spiro atoms. The summed E-state index contributed by atoms with van der Waals surface area (Å²) in [4.78, 5) is 11.0. The molecule has 0 saturated heterocycles. The Bertz CT molecular complexity index is 313. The fraction of sp³-hybridized carbons (Fsp3) is 0.750. The number of hydrogen-bond acceptors (Lipinski definition) is 1. The third kappa shape index (κ3) is 1.89. The third-order valence-corrected chi connectivity index (χ3v) is 3.95. The fourth-order valence-corrected chi connectivity index (χ4v) is 2.67. The molecular weight excluding hydrogens is 217 g/mol. The Labute approximate surface area is 92.7 Å². The molecule has 0 heterocycles. The number of carbonyl (C=O) groups is 1. The highest BCUT2D eigenvalue weighted by atomic mass is 19.4. The van der Waals surface area contributed by atoms with Crippen molar-refractivity contribution in [2.45, 2.75) is 44.7 Å². The van der Waals surface area contributed by atoms with Crippen LogP contribution in [0.5, 0.6) is 0 Å². The standard InChI is InChI=1S/C12H15F3O/c13-12(14,15)10-4-1-3-9(7-10)11(8-16)5-2-6-11/h3,8,10H,1-2,4-7H2/t10-/m0/s1. The number of carbonyl (C=O) groups excluding carboxylic acids is 1. The molecule has 0 radical (unpaired) electrons. The monoisotopic (exact) mass is 232 g/mol. The van der Waals surface area contributed by atoms with Crippen molar-refractivity contribution in [3.8, 4) is 0 Å². The van der Waals surface area contributed by atoms with Crippen LogP contribution in [-0.2, 0) is 4.79 Å². The summed E-state index contributed by atoms with van der Waals surface area (Å²) in [6.45, 7) is 0. The van der Waals surface area contributed by atoms with Gasteiger partial charge >= 0.3 is 6.18 Å². The quantitative estimate of drug-likeness (QED) is 0.524. The lowest BCUT2D eigenvalue weighted by atomic mass is 9.62. The molecule has 0 bridgehead atoms. The molecule has 1 nitrogen and oxygen atoms in total. The predicted molar refractivity (Wildman–Crippen MR) is 53.8 cm³/mol. The minimum absolute atomic E-state index is 0.0300. The summed E-state index contributed by atoms with van der Waals surface area (Å²) in [7, 11) is 0. The van der Waals surface area contributed by atoms with Gasteiger partial charge in [-0.15, -0.1) is 0 Å². The van der Waals surface area contributed by atoms with Gasteiger partial charge in [-0.3, -0.25) is 0 Å². The topological polar surface area (TPSA) is 17.1 Å². The van der Waals surface area contributed by atoms with Gasteiger partial charge in [-0.25, -0.2) is 0 Å². The van der Waals surface area contributed by atoms with Crippen LogP contribution < -0.4 is 0 Å². The van der Waals surface area contributed by atoms with Gasteiger partial charge < -0.3 is 4.79 Å². The van der Waals surface area contributed by atoms with Crippen molar-refractivity contribution in [2.24, 2.45) is 11.3 Å². The lowest BCUT2D eigenvalue weighted by molar-refractivity contribution is -0.178. The van der Waals surface area contributed by atoms with Crippen LogP contribution in [-0.4, -0.2) is 12.5 Å². The van der Waals surface area contributed by atoms with Crippen LogP contribution in [0.2, 0.25) is 0 Å². The Morgan fingerprint density at radius 1 is 1.38 bits per heavy atom. The molecule has 90 valence electrons. The average Bonchev–Trinajstić information content (AvgIpc) is 2.16. The molecule has 2 aliphatic rings. The third-order valence-electron chi connectivity index (χ3n) is 3.95. The van der Waals surface area contributed by atoms with E-state index in [4.69, 9.17) is 0 Å². The number of hydrogen-bond donors (Lipinski definition) is 0. The highest BCUT2D eigenvalue weighted by Gasteiger charge is 2.46. The van der Waals surface area contributed by atoms with Gasteiger partial charge in [0.1, 0.15) is 6.29 Å². The van der Waals surface area contributed by atoms with E-state index >= 15 is 0 Å². The van der Waals surface area contributed by atoms with E-state index in [0.717, 1.165) is 31.1 Å². The van der Waals surface area contributed by atoms with E-state index in [0.29, 0.717) is 6.42 Å². The first-order valence-electron chi connectivity index (χ1n) is 5.70. The SMILES string of the molecule is O=CC1(C2=CCC[C@H](C(F)(F)F)C2)CCC1. The molecule has 0 aromatic carbocycles. The normalized spacial score (nSPS) is 29.2. The zero-order chi connectivity index (χ0) is 11.8. The second-order valence-corrected chi connectivity index (χ2v) is 4.88. The molecule has 0 aromatic rings. The first-order valence-corrected chi connectivity index (χ1v) is 5.70. The zero-order valence-corrected chi connectivity index (χ0v) is 9.02. The van der Waals surface area contributed by atoms with E-state index < -0.39 is 17.5 Å². The van der Waals surface area contributed by atoms with Crippen LogP contribution in [0.3, 0.4) is 0 Å². The molecule has 4 heteroatoms. The molecule has 1 atom stereocenters. The van der Waals surface area contributed by atoms with Gasteiger partial charge in [0.2, 0.25) is 0 Å². The summed E-state index contributed by atoms with van der Waals surface area (Å²) in [6, 6.07) is 0. The van der Waals surface area contributed by atoms with Crippen LogP contribution in [0.1, 0.15) is 38.5 Å². The van der Waals surface area contributed by atoms with Gasteiger partial charge in [-0.05, 0) is 32.1 Å². The van der Waals surface area contributed by atoms with E-state index in [9.17, 15) is 18.0 Å². The van der Waals surface area contributed by atoms with Gasteiger partial charge in [0.15, 0.2) is 0 Å². The molecule has 0 aromatic heterocycles. The molecule has 16 heavy (non-hydrogen) atoms. The Kier molecular flexibility index (Phi) is 2.84. The van der Waals surface area contributed by atoms with E-state index in [2.05, 4.69) is 0 Å². The van der Waals surface area contributed by atoms with Crippen molar-refractivity contribution in [2.75, 3.05) is 0 Å². The number of allylic oxidation sites excluding steroid dienone is 2. The molecule has 0 aliphatic heterocycles. The van der Waals surface area contributed by atoms with Gasteiger partial charge in [0, 0.05) is 5.41 Å². The first-order chi connectivity index (χ1) is 7.48. The smallest absolute Gasteiger partial charge is 0.302 e.